The number of amides is 1. The standard InChI is InChI=1S/C26H31Cl2N5O2.4ClH/c1-18-25(30-19(2)33(18)21-9-4-5-11-23(21)35-3)26(34)29-12-7-13-31-14-16-32(17-15-31)22-10-6-8-20(27)24(22)28;;;;/h4-6,8-11H,7,12-17H2,1-3H3,(H,29,34);4*1H. The Labute approximate surface area is 265 Å². The summed E-state index contributed by atoms with van der Waals surface area (Å²) in [4.78, 5) is 22.1. The van der Waals surface area contributed by atoms with Crippen molar-refractivity contribution < 1.29 is 9.53 Å². The Balaban J connectivity index is 0.00000361. The van der Waals surface area contributed by atoms with Gasteiger partial charge in [0.1, 0.15) is 17.3 Å². The van der Waals surface area contributed by atoms with Gasteiger partial charge in [0.2, 0.25) is 0 Å². The molecule has 0 radical (unpaired) electrons. The van der Waals surface area contributed by atoms with E-state index in [1.807, 2.05) is 60.9 Å². The van der Waals surface area contributed by atoms with E-state index in [2.05, 4.69) is 20.1 Å². The van der Waals surface area contributed by atoms with Crippen LogP contribution >= 0.6 is 72.8 Å². The molecule has 1 fully saturated rings. The Bertz CT molecular complexity index is 1200. The summed E-state index contributed by atoms with van der Waals surface area (Å²) in [6, 6.07) is 13.5. The van der Waals surface area contributed by atoms with Gasteiger partial charge in [-0.25, -0.2) is 4.98 Å². The number of hydrogen-bond acceptors (Lipinski definition) is 5. The van der Waals surface area contributed by atoms with Crippen molar-refractivity contribution in [1.82, 2.24) is 19.8 Å². The molecule has 0 bridgehead atoms. The number of rotatable bonds is 8. The van der Waals surface area contributed by atoms with Gasteiger partial charge < -0.3 is 15.0 Å². The number of benzene rings is 2. The van der Waals surface area contributed by atoms with Gasteiger partial charge in [-0.3, -0.25) is 14.3 Å². The number of carbonyl (C=O) groups excluding carboxylic acids is 1. The van der Waals surface area contributed by atoms with E-state index in [1.54, 1.807) is 7.11 Å². The lowest BCUT2D eigenvalue weighted by Gasteiger charge is -2.36. The molecule has 0 spiro atoms. The summed E-state index contributed by atoms with van der Waals surface area (Å²) in [6.45, 7) is 9.00. The number of imidazole rings is 1. The predicted octanol–water partition coefficient (Wildman–Crippen LogP) is 6.43. The Morgan fingerprint density at radius 3 is 2.26 bits per heavy atom. The monoisotopic (exact) mass is 659 g/mol. The largest absolute Gasteiger partial charge is 0.495 e. The molecule has 7 nitrogen and oxygen atoms in total. The molecule has 3 aromatic rings. The van der Waals surface area contributed by atoms with Gasteiger partial charge in [-0.1, -0.05) is 41.4 Å². The lowest BCUT2D eigenvalue weighted by molar-refractivity contribution is 0.0946. The summed E-state index contributed by atoms with van der Waals surface area (Å²) in [5, 5.41) is 4.23. The maximum atomic E-state index is 12.9. The van der Waals surface area contributed by atoms with E-state index in [-0.39, 0.29) is 55.5 Å². The van der Waals surface area contributed by atoms with Crippen molar-refractivity contribution in [2.24, 2.45) is 0 Å². The van der Waals surface area contributed by atoms with Gasteiger partial charge >= 0.3 is 0 Å². The minimum Gasteiger partial charge on any atom is -0.495 e. The van der Waals surface area contributed by atoms with Crippen LogP contribution in [0.1, 0.15) is 28.4 Å². The van der Waals surface area contributed by atoms with Crippen molar-refractivity contribution in [3.05, 3.63) is 69.7 Å². The quantitative estimate of drug-likeness (QED) is 0.282. The Kier molecular flexibility index (Phi) is 16.6. The molecule has 1 saturated heterocycles. The van der Waals surface area contributed by atoms with Gasteiger partial charge in [0.15, 0.2) is 0 Å². The zero-order valence-corrected chi connectivity index (χ0v) is 26.8. The van der Waals surface area contributed by atoms with Crippen molar-refractivity contribution >= 4 is 84.4 Å². The summed E-state index contributed by atoms with van der Waals surface area (Å²) >= 11 is 12.5. The Morgan fingerprint density at radius 2 is 1.59 bits per heavy atom. The van der Waals surface area contributed by atoms with Crippen LogP contribution in [0.4, 0.5) is 5.69 Å². The van der Waals surface area contributed by atoms with Crippen LogP contribution < -0.4 is 15.0 Å². The summed E-state index contributed by atoms with van der Waals surface area (Å²) in [6.07, 6.45) is 0.870. The second-order valence-electron chi connectivity index (χ2n) is 8.61. The van der Waals surface area contributed by atoms with Crippen molar-refractivity contribution in [3.8, 4) is 11.4 Å². The number of carbonyl (C=O) groups is 1. The van der Waals surface area contributed by atoms with Crippen molar-refractivity contribution in [2.45, 2.75) is 20.3 Å². The highest BCUT2D eigenvalue weighted by atomic mass is 35.5. The summed E-state index contributed by atoms with van der Waals surface area (Å²) in [5.74, 6) is 1.33. The third-order valence-corrected chi connectivity index (χ3v) is 7.21. The number of para-hydroxylation sites is 2. The average Bonchev–Trinajstić information content (AvgIpc) is 3.17. The van der Waals surface area contributed by atoms with Crippen LogP contribution in [0.3, 0.4) is 0 Å². The lowest BCUT2D eigenvalue weighted by Crippen LogP contribution is -2.47. The van der Waals surface area contributed by atoms with Crippen LogP contribution in [-0.4, -0.2) is 66.7 Å². The molecule has 1 N–H and O–H groups in total. The van der Waals surface area contributed by atoms with Crippen molar-refractivity contribution in [1.29, 1.82) is 0 Å². The fraction of sp³-hybridized carbons (Fsp3) is 0.385. The van der Waals surface area contributed by atoms with Crippen molar-refractivity contribution in [2.75, 3.05) is 51.3 Å². The topological polar surface area (TPSA) is 62.6 Å². The normalized spacial score (nSPS) is 12.8. The van der Waals surface area contributed by atoms with Gasteiger partial charge in [0.05, 0.1) is 34.2 Å². The molecule has 0 aliphatic carbocycles. The van der Waals surface area contributed by atoms with Crippen LogP contribution in [0.15, 0.2) is 42.5 Å². The summed E-state index contributed by atoms with van der Waals surface area (Å²) < 4.78 is 7.45. The SMILES string of the molecule is COc1ccccc1-n1c(C)nc(C(=O)NCCCN2CCN(c3cccc(Cl)c3Cl)CC2)c1C.Cl.Cl.Cl.Cl. The highest BCUT2D eigenvalue weighted by Crippen LogP contribution is 2.33. The molecule has 0 atom stereocenters. The molecule has 2 aromatic carbocycles. The molecule has 0 saturated carbocycles. The Hall–Kier alpha value is -1.58. The average molecular weight is 662 g/mol. The second kappa shape index (κ2) is 17.3. The molecule has 1 aliphatic rings. The smallest absolute Gasteiger partial charge is 0.271 e. The molecular weight excluding hydrogens is 627 g/mol. The molecule has 4 rings (SSSR count). The molecule has 13 heteroatoms. The number of hydrogen-bond donors (Lipinski definition) is 1. The van der Waals surface area contributed by atoms with Gasteiger partial charge in [0, 0.05) is 32.7 Å². The minimum absolute atomic E-state index is 0. The highest BCUT2D eigenvalue weighted by molar-refractivity contribution is 6.43. The number of aryl methyl sites for hydroxylation is 1. The fourth-order valence-corrected chi connectivity index (χ4v) is 4.98. The van der Waals surface area contributed by atoms with E-state index in [0.717, 1.165) is 67.8 Å². The van der Waals surface area contributed by atoms with Crippen LogP contribution in [0.25, 0.3) is 5.69 Å². The molecule has 39 heavy (non-hydrogen) atoms. The van der Waals surface area contributed by atoms with Crippen LogP contribution in [0.2, 0.25) is 10.0 Å². The first-order valence-corrected chi connectivity index (χ1v) is 12.5. The van der Waals surface area contributed by atoms with Gasteiger partial charge in [-0.15, -0.1) is 49.6 Å². The maximum absolute atomic E-state index is 12.9. The van der Waals surface area contributed by atoms with Gasteiger partial charge in [0.25, 0.3) is 5.91 Å². The second-order valence-corrected chi connectivity index (χ2v) is 9.40. The van der Waals surface area contributed by atoms with E-state index < -0.39 is 0 Å². The lowest BCUT2D eigenvalue weighted by atomic mass is 10.2. The molecule has 1 aliphatic heterocycles. The number of nitrogens with one attached hydrogen (secondary N) is 1. The van der Waals surface area contributed by atoms with Gasteiger partial charge in [-0.05, 0) is 51.1 Å². The van der Waals surface area contributed by atoms with Crippen LogP contribution in [0.5, 0.6) is 5.75 Å². The molecular formula is C26H35Cl6N5O2. The van der Waals surface area contributed by atoms with Crippen molar-refractivity contribution in [3.63, 3.8) is 0 Å². The number of piperazine rings is 1. The summed E-state index contributed by atoms with van der Waals surface area (Å²) in [7, 11) is 1.64. The molecule has 0 unspecified atom stereocenters. The Morgan fingerprint density at radius 1 is 0.949 bits per heavy atom. The van der Waals surface area contributed by atoms with E-state index in [4.69, 9.17) is 27.9 Å². The summed E-state index contributed by atoms with van der Waals surface area (Å²) in [5.41, 5.74) is 3.10. The maximum Gasteiger partial charge on any atom is 0.271 e. The first-order chi connectivity index (χ1) is 16.9. The first kappa shape index (κ1) is 37.4. The minimum atomic E-state index is -0.153. The molecule has 1 aromatic heterocycles. The zero-order chi connectivity index (χ0) is 24.9. The fourth-order valence-electron chi connectivity index (χ4n) is 4.56. The molecule has 2 heterocycles. The van der Waals surface area contributed by atoms with E-state index >= 15 is 0 Å². The third kappa shape index (κ3) is 8.70. The van der Waals surface area contributed by atoms with E-state index in [9.17, 15) is 4.79 Å². The predicted molar refractivity (Wildman–Crippen MR) is 171 cm³/mol. The molecule has 1 amide bonds. The molecule has 218 valence electrons. The third-order valence-electron chi connectivity index (χ3n) is 6.40. The number of halogens is 6. The zero-order valence-electron chi connectivity index (χ0n) is 22.0. The van der Waals surface area contributed by atoms with Crippen LogP contribution in [0, 0.1) is 13.8 Å². The number of aromatic nitrogens is 2. The number of anilines is 1. The first-order valence-electron chi connectivity index (χ1n) is 11.8. The van der Waals surface area contributed by atoms with E-state index in [1.165, 1.54) is 0 Å². The van der Waals surface area contributed by atoms with Crippen LogP contribution in [-0.2, 0) is 0 Å². The number of methoxy groups -OCH3 is 1. The van der Waals surface area contributed by atoms with Gasteiger partial charge in [-0.2, -0.15) is 0 Å². The highest BCUT2D eigenvalue weighted by Gasteiger charge is 2.21. The van der Waals surface area contributed by atoms with E-state index in [0.29, 0.717) is 22.3 Å². The number of nitrogens with zero attached hydrogens (tertiary/aromatic N) is 4. The number of ether oxygens (including phenoxy) is 1.